The summed E-state index contributed by atoms with van der Waals surface area (Å²) in [6, 6.07) is 7.73. The minimum Gasteiger partial charge on any atom is -0.381 e. The summed E-state index contributed by atoms with van der Waals surface area (Å²) in [5.74, 6) is 1.45. The molecule has 0 aliphatic heterocycles. The molecule has 3 N–H and O–H groups in total. The lowest BCUT2D eigenvalue weighted by Crippen LogP contribution is -2.14. The topological polar surface area (TPSA) is 63.8 Å². The van der Waals surface area contributed by atoms with Crippen LogP contribution in [0.1, 0.15) is 24.6 Å². The van der Waals surface area contributed by atoms with Gasteiger partial charge in [0, 0.05) is 29.6 Å². The minimum atomic E-state index is 0.525. The van der Waals surface area contributed by atoms with Gasteiger partial charge >= 0.3 is 0 Å². The third-order valence-electron chi connectivity index (χ3n) is 3.31. The van der Waals surface area contributed by atoms with Gasteiger partial charge in [0.1, 0.15) is 5.82 Å². The molecule has 1 aromatic heterocycles. The minimum absolute atomic E-state index is 0.525. The summed E-state index contributed by atoms with van der Waals surface area (Å²) in [5, 5.41) is 3.98. The molecular weight excluding hydrogens is 272 g/mol. The SMILES string of the molecule is NCCNc1cnc(C2CC2)nc1-c1cccc(Cl)c1. The molecule has 0 atom stereocenters. The van der Waals surface area contributed by atoms with Gasteiger partial charge in [-0.3, -0.25) is 0 Å². The van der Waals surface area contributed by atoms with Crippen LogP contribution in [-0.2, 0) is 0 Å². The number of nitrogens with one attached hydrogen (secondary N) is 1. The molecule has 5 heteroatoms. The highest BCUT2D eigenvalue weighted by molar-refractivity contribution is 6.30. The summed E-state index contributed by atoms with van der Waals surface area (Å²) in [6.45, 7) is 1.26. The van der Waals surface area contributed by atoms with E-state index in [-0.39, 0.29) is 0 Å². The molecule has 1 aromatic carbocycles. The summed E-state index contributed by atoms with van der Waals surface area (Å²) in [4.78, 5) is 9.18. The first-order valence-corrected chi connectivity index (χ1v) is 7.22. The second-order valence-corrected chi connectivity index (χ2v) is 5.43. The lowest BCUT2D eigenvalue weighted by Gasteiger charge is -2.12. The van der Waals surface area contributed by atoms with Crippen molar-refractivity contribution < 1.29 is 0 Å². The molecule has 1 aliphatic rings. The second-order valence-electron chi connectivity index (χ2n) is 4.99. The van der Waals surface area contributed by atoms with Crippen molar-refractivity contribution in [1.29, 1.82) is 0 Å². The fourth-order valence-corrected chi connectivity index (χ4v) is 2.32. The van der Waals surface area contributed by atoms with Crippen LogP contribution in [0.5, 0.6) is 0 Å². The van der Waals surface area contributed by atoms with Crippen LogP contribution in [0.25, 0.3) is 11.3 Å². The molecule has 0 spiro atoms. The molecule has 1 aliphatic carbocycles. The van der Waals surface area contributed by atoms with Crippen LogP contribution >= 0.6 is 11.6 Å². The van der Waals surface area contributed by atoms with E-state index in [4.69, 9.17) is 22.3 Å². The van der Waals surface area contributed by atoms with Crippen LogP contribution in [-0.4, -0.2) is 23.1 Å². The molecule has 104 valence electrons. The highest BCUT2D eigenvalue weighted by Gasteiger charge is 2.27. The maximum absolute atomic E-state index is 6.08. The largest absolute Gasteiger partial charge is 0.381 e. The van der Waals surface area contributed by atoms with Gasteiger partial charge in [0.05, 0.1) is 17.6 Å². The Labute approximate surface area is 123 Å². The lowest BCUT2D eigenvalue weighted by molar-refractivity contribution is 0.925. The molecule has 2 aromatic rings. The van der Waals surface area contributed by atoms with E-state index in [1.54, 1.807) is 0 Å². The Morgan fingerprint density at radius 2 is 2.20 bits per heavy atom. The summed E-state index contributed by atoms with van der Waals surface area (Å²) in [7, 11) is 0. The Balaban J connectivity index is 2.01. The predicted octanol–water partition coefficient (Wildman–Crippen LogP) is 3.05. The first-order valence-electron chi connectivity index (χ1n) is 6.85. The molecule has 0 saturated heterocycles. The lowest BCUT2D eigenvalue weighted by atomic mass is 10.1. The van der Waals surface area contributed by atoms with Gasteiger partial charge in [-0.25, -0.2) is 9.97 Å². The van der Waals surface area contributed by atoms with Gasteiger partial charge in [-0.15, -0.1) is 0 Å². The predicted molar refractivity (Wildman–Crippen MR) is 82.0 cm³/mol. The molecular formula is C15H17ClN4. The Bertz CT molecular complexity index is 611. The van der Waals surface area contributed by atoms with Crippen molar-refractivity contribution in [3.05, 3.63) is 41.3 Å². The van der Waals surface area contributed by atoms with E-state index in [9.17, 15) is 0 Å². The third-order valence-corrected chi connectivity index (χ3v) is 3.54. The maximum atomic E-state index is 6.08. The number of rotatable bonds is 5. The van der Waals surface area contributed by atoms with E-state index >= 15 is 0 Å². The Morgan fingerprint density at radius 3 is 2.90 bits per heavy atom. The summed E-state index contributed by atoms with van der Waals surface area (Å²) >= 11 is 6.08. The average Bonchev–Trinajstić information content (AvgIpc) is 3.29. The molecule has 0 unspecified atom stereocenters. The van der Waals surface area contributed by atoms with Crippen molar-refractivity contribution in [3.63, 3.8) is 0 Å². The summed E-state index contributed by atoms with van der Waals surface area (Å²) in [5.41, 5.74) is 8.36. The van der Waals surface area contributed by atoms with Crippen LogP contribution in [0.2, 0.25) is 5.02 Å². The number of halogens is 1. The van der Waals surface area contributed by atoms with Crippen molar-refractivity contribution in [3.8, 4) is 11.3 Å². The van der Waals surface area contributed by atoms with Gasteiger partial charge in [0.25, 0.3) is 0 Å². The quantitative estimate of drug-likeness (QED) is 0.887. The first kappa shape index (κ1) is 13.3. The molecule has 0 bridgehead atoms. The number of anilines is 1. The fraction of sp³-hybridized carbons (Fsp3) is 0.333. The van der Waals surface area contributed by atoms with E-state index in [2.05, 4.69) is 10.3 Å². The zero-order valence-electron chi connectivity index (χ0n) is 11.1. The van der Waals surface area contributed by atoms with Crippen LogP contribution in [0.15, 0.2) is 30.5 Å². The van der Waals surface area contributed by atoms with Crippen molar-refractivity contribution in [1.82, 2.24) is 9.97 Å². The molecule has 0 amide bonds. The molecule has 1 fully saturated rings. The van der Waals surface area contributed by atoms with Gasteiger partial charge in [-0.05, 0) is 25.0 Å². The van der Waals surface area contributed by atoms with Crippen molar-refractivity contribution in [2.24, 2.45) is 5.73 Å². The average molecular weight is 289 g/mol. The Hall–Kier alpha value is -1.65. The second kappa shape index (κ2) is 5.77. The van der Waals surface area contributed by atoms with Crippen LogP contribution in [0.4, 0.5) is 5.69 Å². The number of hydrogen-bond donors (Lipinski definition) is 2. The molecule has 20 heavy (non-hydrogen) atoms. The number of hydrogen-bond acceptors (Lipinski definition) is 4. The molecule has 3 rings (SSSR count). The first-order chi connectivity index (χ1) is 9.78. The monoisotopic (exact) mass is 288 g/mol. The zero-order chi connectivity index (χ0) is 13.9. The number of aromatic nitrogens is 2. The van der Waals surface area contributed by atoms with Gasteiger partial charge in [0.2, 0.25) is 0 Å². The number of nitrogens with zero attached hydrogens (tertiary/aromatic N) is 2. The summed E-state index contributed by atoms with van der Waals surface area (Å²) < 4.78 is 0. The van der Waals surface area contributed by atoms with Gasteiger partial charge in [-0.1, -0.05) is 23.7 Å². The maximum Gasteiger partial charge on any atom is 0.132 e. The van der Waals surface area contributed by atoms with Crippen molar-refractivity contribution in [2.45, 2.75) is 18.8 Å². The van der Waals surface area contributed by atoms with E-state index in [0.29, 0.717) is 24.0 Å². The standard InChI is InChI=1S/C15H17ClN4/c16-12-3-1-2-11(8-12)14-13(18-7-6-17)9-19-15(20-14)10-4-5-10/h1-3,8-10,18H,4-7,17H2. The van der Waals surface area contributed by atoms with Gasteiger partial charge in [0.15, 0.2) is 0 Å². The normalized spacial score (nSPS) is 14.3. The highest BCUT2D eigenvalue weighted by atomic mass is 35.5. The van der Waals surface area contributed by atoms with E-state index in [1.165, 1.54) is 12.8 Å². The molecule has 0 radical (unpaired) electrons. The molecule has 1 heterocycles. The van der Waals surface area contributed by atoms with Gasteiger partial charge in [-0.2, -0.15) is 0 Å². The fourth-order valence-electron chi connectivity index (χ4n) is 2.13. The van der Waals surface area contributed by atoms with Crippen molar-refractivity contribution >= 4 is 17.3 Å². The zero-order valence-corrected chi connectivity index (χ0v) is 11.9. The highest BCUT2D eigenvalue weighted by Crippen LogP contribution is 2.39. The van der Waals surface area contributed by atoms with E-state index < -0.39 is 0 Å². The molecule has 4 nitrogen and oxygen atoms in total. The third kappa shape index (κ3) is 2.92. The number of nitrogens with two attached hydrogens (primary N) is 1. The summed E-state index contributed by atoms with van der Waals surface area (Å²) in [6.07, 6.45) is 4.22. The van der Waals surface area contributed by atoms with Crippen LogP contribution < -0.4 is 11.1 Å². The molecule has 1 saturated carbocycles. The van der Waals surface area contributed by atoms with Crippen LogP contribution in [0.3, 0.4) is 0 Å². The number of benzene rings is 1. The smallest absolute Gasteiger partial charge is 0.132 e. The Morgan fingerprint density at radius 1 is 1.35 bits per heavy atom. The van der Waals surface area contributed by atoms with Crippen molar-refractivity contribution in [2.75, 3.05) is 18.4 Å². The van der Waals surface area contributed by atoms with E-state index in [1.807, 2.05) is 30.5 Å². The van der Waals surface area contributed by atoms with E-state index in [0.717, 1.165) is 22.8 Å². The Kier molecular flexibility index (Phi) is 3.85. The van der Waals surface area contributed by atoms with Gasteiger partial charge < -0.3 is 11.1 Å². The van der Waals surface area contributed by atoms with Crippen LogP contribution in [0, 0.1) is 0 Å².